The summed E-state index contributed by atoms with van der Waals surface area (Å²) in [6.07, 6.45) is 4.40. The number of halogens is 1. The van der Waals surface area contributed by atoms with Crippen molar-refractivity contribution in [1.29, 1.82) is 0 Å². The van der Waals surface area contributed by atoms with Crippen LogP contribution in [0.1, 0.15) is 18.5 Å². The highest BCUT2D eigenvalue weighted by Crippen LogP contribution is 2.21. The minimum atomic E-state index is 0.667. The van der Waals surface area contributed by atoms with Crippen LogP contribution in [0.4, 0.5) is 0 Å². The molecule has 5 heteroatoms. The summed E-state index contributed by atoms with van der Waals surface area (Å²) in [7, 11) is 1.99. The molecule has 0 spiro atoms. The highest BCUT2D eigenvalue weighted by Gasteiger charge is 2.20. The second kappa shape index (κ2) is 5.29. The number of aryl methyl sites for hydroxylation is 1. The standard InChI is InChI=1S/C11H19BrN4/c1-15-11(10(12)6-14-15)8-16-4-2-3-9(5-13)7-16/h6,9H,2-5,7-8,13H2,1H3. The molecule has 1 fully saturated rings. The van der Waals surface area contributed by atoms with Gasteiger partial charge in [-0.2, -0.15) is 5.10 Å². The van der Waals surface area contributed by atoms with E-state index in [4.69, 9.17) is 5.73 Å². The number of rotatable bonds is 3. The van der Waals surface area contributed by atoms with Crippen molar-refractivity contribution in [3.8, 4) is 0 Å². The van der Waals surface area contributed by atoms with Crippen molar-refractivity contribution < 1.29 is 0 Å². The average Bonchev–Trinajstić information content (AvgIpc) is 2.61. The van der Waals surface area contributed by atoms with Crippen molar-refractivity contribution in [3.05, 3.63) is 16.4 Å². The van der Waals surface area contributed by atoms with Gasteiger partial charge in [0.05, 0.1) is 16.4 Å². The molecule has 2 rings (SSSR count). The van der Waals surface area contributed by atoms with Gasteiger partial charge in [-0.1, -0.05) is 0 Å². The Bertz CT molecular complexity index is 330. The van der Waals surface area contributed by atoms with Crippen molar-refractivity contribution in [2.24, 2.45) is 18.7 Å². The van der Waals surface area contributed by atoms with E-state index >= 15 is 0 Å². The first-order valence-corrected chi connectivity index (χ1v) is 6.58. The van der Waals surface area contributed by atoms with E-state index in [0.717, 1.165) is 24.1 Å². The quantitative estimate of drug-likeness (QED) is 0.913. The monoisotopic (exact) mass is 286 g/mol. The van der Waals surface area contributed by atoms with E-state index < -0.39 is 0 Å². The summed E-state index contributed by atoms with van der Waals surface area (Å²) in [6.45, 7) is 4.07. The molecule has 2 N–H and O–H groups in total. The second-order valence-corrected chi connectivity index (χ2v) is 5.40. The fraction of sp³-hybridized carbons (Fsp3) is 0.727. The predicted molar refractivity (Wildman–Crippen MR) is 68.0 cm³/mol. The SMILES string of the molecule is Cn1ncc(Br)c1CN1CCCC(CN)C1. The number of aromatic nitrogens is 2. The van der Waals surface area contributed by atoms with E-state index in [2.05, 4.69) is 25.9 Å². The van der Waals surface area contributed by atoms with Gasteiger partial charge in [0.2, 0.25) is 0 Å². The minimum absolute atomic E-state index is 0.667. The Labute approximate surface area is 105 Å². The van der Waals surface area contributed by atoms with Crippen LogP contribution in [0.5, 0.6) is 0 Å². The lowest BCUT2D eigenvalue weighted by molar-refractivity contribution is 0.167. The third-order valence-corrected chi connectivity index (χ3v) is 3.98. The lowest BCUT2D eigenvalue weighted by atomic mass is 9.98. The maximum atomic E-state index is 5.75. The molecule has 0 radical (unpaired) electrons. The third-order valence-electron chi connectivity index (χ3n) is 3.32. The maximum Gasteiger partial charge on any atom is 0.0663 e. The summed E-state index contributed by atoms with van der Waals surface area (Å²) in [6, 6.07) is 0. The number of hydrogen-bond donors (Lipinski definition) is 1. The van der Waals surface area contributed by atoms with Crippen molar-refractivity contribution in [3.63, 3.8) is 0 Å². The van der Waals surface area contributed by atoms with Gasteiger partial charge in [0.15, 0.2) is 0 Å². The molecule has 0 amide bonds. The van der Waals surface area contributed by atoms with Crippen LogP contribution in [0.25, 0.3) is 0 Å². The van der Waals surface area contributed by atoms with E-state index in [1.54, 1.807) is 0 Å². The number of piperidine rings is 1. The summed E-state index contributed by atoms with van der Waals surface area (Å²) < 4.78 is 3.04. The topological polar surface area (TPSA) is 47.1 Å². The van der Waals surface area contributed by atoms with Crippen molar-refractivity contribution in [2.75, 3.05) is 19.6 Å². The van der Waals surface area contributed by atoms with Crippen molar-refractivity contribution in [2.45, 2.75) is 19.4 Å². The predicted octanol–water partition coefficient (Wildman–Crippen LogP) is 1.35. The van der Waals surface area contributed by atoms with E-state index in [1.165, 1.54) is 25.1 Å². The zero-order valence-electron chi connectivity index (χ0n) is 9.69. The van der Waals surface area contributed by atoms with Crippen LogP contribution >= 0.6 is 15.9 Å². The Hall–Kier alpha value is -0.390. The molecule has 1 aromatic heterocycles. The summed E-state index contributed by atoms with van der Waals surface area (Å²) >= 11 is 3.54. The Kier molecular flexibility index (Phi) is 4.00. The lowest BCUT2D eigenvalue weighted by Crippen LogP contribution is -2.38. The van der Waals surface area contributed by atoms with E-state index in [0.29, 0.717) is 5.92 Å². The smallest absolute Gasteiger partial charge is 0.0663 e. The van der Waals surface area contributed by atoms with Gasteiger partial charge in [0.1, 0.15) is 0 Å². The molecular weight excluding hydrogens is 268 g/mol. The molecule has 90 valence electrons. The molecule has 0 aliphatic carbocycles. The lowest BCUT2D eigenvalue weighted by Gasteiger charge is -2.32. The largest absolute Gasteiger partial charge is 0.330 e. The molecule has 2 heterocycles. The van der Waals surface area contributed by atoms with E-state index in [1.807, 2.05) is 17.9 Å². The van der Waals surface area contributed by atoms with Crippen LogP contribution in [0, 0.1) is 5.92 Å². The van der Waals surface area contributed by atoms with Crippen LogP contribution in [-0.4, -0.2) is 34.3 Å². The van der Waals surface area contributed by atoms with Crippen molar-refractivity contribution >= 4 is 15.9 Å². The minimum Gasteiger partial charge on any atom is -0.330 e. The zero-order chi connectivity index (χ0) is 11.5. The summed E-state index contributed by atoms with van der Waals surface area (Å²) in [5.41, 5.74) is 6.99. The first-order valence-electron chi connectivity index (χ1n) is 5.79. The van der Waals surface area contributed by atoms with Gasteiger partial charge >= 0.3 is 0 Å². The average molecular weight is 287 g/mol. The molecule has 1 aromatic rings. The fourth-order valence-corrected chi connectivity index (χ4v) is 2.79. The Morgan fingerprint density at radius 2 is 2.44 bits per heavy atom. The van der Waals surface area contributed by atoms with Gasteiger partial charge in [-0.15, -0.1) is 0 Å². The number of likely N-dealkylation sites (tertiary alicyclic amines) is 1. The highest BCUT2D eigenvalue weighted by molar-refractivity contribution is 9.10. The Balaban J connectivity index is 1.99. The maximum absolute atomic E-state index is 5.75. The second-order valence-electron chi connectivity index (χ2n) is 4.54. The summed E-state index contributed by atoms with van der Waals surface area (Å²) in [5.74, 6) is 0.667. The molecule has 0 saturated carbocycles. The van der Waals surface area contributed by atoms with E-state index in [9.17, 15) is 0 Å². The number of nitrogens with two attached hydrogens (primary N) is 1. The molecule has 1 aliphatic rings. The van der Waals surface area contributed by atoms with Crippen LogP contribution in [0.15, 0.2) is 10.7 Å². The number of hydrogen-bond acceptors (Lipinski definition) is 3. The molecule has 4 nitrogen and oxygen atoms in total. The van der Waals surface area contributed by atoms with Crippen LogP contribution in [0.2, 0.25) is 0 Å². The fourth-order valence-electron chi connectivity index (χ4n) is 2.31. The van der Waals surface area contributed by atoms with Gasteiger partial charge < -0.3 is 5.73 Å². The van der Waals surface area contributed by atoms with Gasteiger partial charge in [-0.25, -0.2) is 0 Å². The third kappa shape index (κ3) is 2.64. The molecule has 16 heavy (non-hydrogen) atoms. The highest BCUT2D eigenvalue weighted by atomic mass is 79.9. The molecule has 1 atom stereocenters. The van der Waals surface area contributed by atoms with Crippen LogP contribution < -0.4 is 5.73 Å². The van der Waals surface area contributed by atoms with Gasteiger partial charge in [-0.3, -0.25) is 9.58 Å². The van der Waals surface area contributed by atoms with Crippen LogP contribution in [-0.2, 0) is 13.6 Å². The molecule has 1 aliphatic heterocycles. The molecule has 0 bridgehead atoms. The zero-order valence-corrected chi connectivity index (χ0v) is 11.3. The van der Waals surface area contributed by atoms with Gasteiger partial charge in [0, 0.05) is 20.1 Å². The Morgan fingerprint density at radius 3 is 3.06 bits per heavy atom. The molecular formula is C11H19BrN4. The molecule has 1 unspecified atom stereocenters. The summed E-state index contributed by atoms with van der Waals surface area (Å²) in [5, 5.41) is 4.24. The molecule has 1 saturated heterocycles. The normalized spacial score (nSPS) is 22.6. The van der Waals surface area contributed by atoms with E-state index in [-0.39, 0.29) is 0 Å². The first-order chi connectivity index (χ1) is 7.70. The number of nitrogens with zero attached hydrogens (tertiary/aromatic N) is 3. The van der Waals surface area contributed by atoms with Crippen LogP contribution in [0.3, 0.4) is 0 Å². The first kappa shape index (κ1) is 12.1. The van der Waals surface area contributed by atoms with Gasteiger partial charge in [-0.05, 0) is 47.8 Å². The van der Waals surface area contributed by atoms with Crippen molar-refractivity contribution in [1.82, 2.24) is 14.7 Å². The Morgan fingerprint density at radius 1 is 1.62 bits per heavy atom. The summed E-state index contributed by atoms with van der Waals surface area (Å²) in [4.78, 5) is 2.48. The molecule has 0 aromatic carbocycles. The van der Waals surface area contributed by atoms with Gasteiger partial charge in [0.25, 0.3) is 0 Å².